The van der Waals surface area contributed by atoms with Gasteiger partial charge in [0.15, 0.2) is 0 Å². The molecule has 0 aliphatic carbocycles. The van der Waals surface area contributed by atoms with Crippen LogP contribution >= 0.6 is 0 Å². The van der Waals surface area contributed by atoms with Gasteiger partial charge in [-0.25, -0.2) is 4.79 Å². The Morgan fingerprint density at radius 3 is 2.76 bits per heavy atom. The van der Waals surface area contributed by atoms with Crippen LogP contribution in [0.15, 0.2) is 0 Å². The first-order chi connectivity index (χ1) is 8.25. The Hall–Kier alpha value is -0.810. The maximum atomic E-state index is 11.9. The molecule has 2 heterocycles. The Kier molecular flexibility index (Phi) is 4.62. The first-order valence-corrected chi connectivity index (χ1v) is 6.43. The quantitative estimate of drug-likeness (QED) is 0.798. The van der Waals surface area contributed by atoms with E-state index in [1.807, 2.05) is 7.05 Å². The van der Waals surface area contributed by atoms with Crippen molar-refractivity contribution in [2.75, 3.05) is 40.0 Å². The van der Waals surface area contributed by atoms with Gasteiger partial charge in [0.25, 0.3) is 0 Å². The number of nitrogens with zero attached hydrogens (tertiary/aromatic N) is 1. The van der Waals surface area contributed by atoms with Crippen molar-refractivity contribution in [1.82, 2.24) is 10.2 Å². The zero-order valence-electron chi connectivity index (χ0n) is 10.5. The molecule has 2 amide bonds. The Morgan fingerprint density at radius 1 is 1.29 bits per heavy atom. The second kappa shape index (κ2) is 6.21. The van der Waals surface area contributed by atoms with Crippen molar-refractivity contribution >= 4 is 6.03 Å². The van der Waals surface area contributed by atoms with Crippen LogP contribution in [0.1, 0.15) is 19.3 Å². The minimum atomic E-state index is 0.00562. The zero-order chi connectivity index (χ0) is 12.1. The summed E-state index contributed by atoms with van der Waals surface area (Å²) in [4.78, 5) is 13.7. The molecule has 2 aliphatic rings. The third-order valence-electron chi connectivity index (χ3n) is 3.39. The molecule has 5 nitrogen and oxygen atoms in total. The van der Waals surface area contributed by atoms with Gasteiger partial charge in [0, 0.05) is 32.7 Å². The van der Waals surface area contributed by atoms with E-state index in [2.05, 4.69) is 5.32 Å². The van der Waals surface area contributed by atoms with E-state index in [0.717, 1.165) is 45.6 Å². The molecular weight excluding hydrogens is 220 g/mol. The monoisotopic (exact) mass is 242 g/mol. The molecule has 0 saturated carbocycles. The highest BCUT2D eigenvalue weighted by Crippen LogP contribution is 2.14. The molecule has 5 heteroatoms. The Balaban J connectivity index is 1.70. The van der Waals surface area contributed by atoms with Gasteiger partial charge in [-0.05, 0) is 19.3 Å². The fraction of sp³-hybridized carbons (Fsp3) is 0.917. The van der Waals surface area contributed by atoms with Crippen molar-refractivity contribution < 1.29 is 14.3 Å². The van der Waals surface area contributed by atoms with E-state index in [9.17, 15) is 4.79 Å². The average molecular weight is 242 g/mol. The van der Waals surface area contributed by atoms with Gasteiger partial charge in [-0.3, -0.25) is 0 Å². The highest BCUT2D eigenvalue weighted by Gasteiger charge is 2.22. The number of urea groups is 1. The molecule has 17 heavy (non-hydrogen) atoms. The standard InChI is InChI=1S/C12H22N2O3/c1-14(7-10-3-2-5-16-8-10)12(15)13-11-4-6-17-9-11/h10-11H,2-9H2,1H3,(H,13,15). The third-order valence-corrected chi connectivity index (χ3v) is 3.39. The van der Waals surface area contributed by atoms with E-state index in [-0.39, 0.29) is 12.1 Å². The van der Waals surface area contributed by atoms with Crippen molar-refractivity contribution in [1.29, 1.82) is 0 Å². The lowest BCUT2D eigenvalue weighted by Gasteiger charge is -2.28. The SMILES string of the molecule is CN(CC1CCCOC1)C(=O)NC1CCOC1. The second-order valence-electron chi connectivity index (χ2n) is 4.97. The van der Waals surface area contributed by atoms with Crippen LogP contribution in [-0.2, 0) is 9.47 Å². The molecule has 2 unspecified atom stereocenters. The topological polar surface area (TPSA) is 50.8 Å². The molecule has 0 bridgehead atoms. The lowest BCUT2D eigenvalue weighted by molar-refractivity contribution is 0.0456. The fourth-order valence-corrected chi connectivity index (χ4v) is 2.35. The van der Waals surface area contributed by atoms with E-state index in [0.29, 0.717) is 12.5 Å². The summed E-state index contributed by atoms with van der Waals surface area (Å²) < 4.78 is 10.7. The van der Waals surface area contributed by atoms with E-state index >= 15 is 0 Å². The maximum Gasteiger partial charge on any atom is 0.317 e. The van der Waals surface area contributed by atoms with Crippen LogP contribution in [0.25, 0.3) is 0 Å². The summed E-state index contributed by atoms with van der Waals surface area (Å²) in [7, 11) is 1.85. The minimum Gasteiger partial charge on any atom is -0.381 e. The van der Waals surface area contributed by atoms with Crippen LogP contribution in [0.3, 0.4) is 0 Å². The number of carbonyl (C=O) groups excluding carboxylic acids is 1. The fourth-order valence-electron chi connectivity index (χ4n) is 2.35. The number of carbonyl (C=O) groups is 1. The summed E-state index contributed by atoms with van der Waals surface area (Å²) in [6, 6.07) is 0.193. The van der Waals surface area contributed by atoms with Crippen LogP contribution in [0.4, 0.5) is 4.79 Å². The highest BCUT2D eigenvalue weighted by molar-refractivity contribution is 5.74. The van der Waals surface area contributed by atoms with Gasteiger partial charge in [-0.15, -0.1) is 0 Å². The van der Waals surface area contributed by atoms with Crippen LogP contribution in [0.5, 0.6) is 0 Å². The highest BCUT2D eigenvalue weighted by atomic mass is 16.5. The number of hydrogen-bond acceptors (Lipinski definition) is 3. The summed E-state index contributed by atoms with van der Waals surface area (Å²) >= 11 is 0. The Morgan fingerprint density at radius 2 is 2.12 bits per heavy atom. The van der Waals surface area contributed by atoms with E-state index in [1.54, 1.807) is 4.90 Å². The summed E-state index contributed by atoms with van der Waals surface area (Å²) in [6.07, 6.45) is 3.19. The van der Waals surface area contributed by atoms with Gasteiger partial charge in [0.1, 0.15) is 0 Å². The van der Waals surface area contributed by atoms with Crippen molar-refractivity contribution in [3.63, 3.8) is 0 Å². The van der Waals surface area contributed by atoms with E-state index in [4.69, 9.17) is 9.47 Å². The number of amides is 2. The minimum absolute atomic E-state index is 0.00562. The van der Waals surface area contributed by atoms with Gasteiger partial charge in [0.2, 0.25) is 0 Å². The Labute approximate surface area is 102 Å². The molecule has 0 aromatic heterocycles. The molecule has 0 aromatic rings. The lowest BCUT2D eigenvalue weighted by atomic mass is 10.0. The first-order valence-electron chi connectivity index (χ1n) is 6.43. The van der Waals surface area contributed by atoms with E-state index < -0.39 is 0 Å². The molecule has 2 saturated heterocycles. The van der Waals surface area contributed by atoms with Gasteiger partial charge in [-0.2, -0.15) is 0 Å². The van der Waals surface area contributed by atoms with Crippen LogP contribution in [0.2, 0.25) is 0 Å². The van der Waals surface area contributed by atoms with Crippen LogP contribution < -0.4 is 5.32 Å². The molecule has 2 rings (SSSR count). The predicted molar refractivity (Wildman–Crippen MR) is 63.9 cm³/mol. The average Bonchev–Trinajstić information content (AvgIpc) is 2.83. The second-order valence-corrected chi connectivity index (χ2v) is 4.97. The predicted octanol–water partition coefficient (Wildman–Crippen LogP) is 0.843. The molecule has 0 radical (unpaired) electrons. The zero-order valence-corrected chi connectivity index (χ0v) is 10.5. The third kappa shape index (κ3) is 3.85. The van der Waals surface area contributed by atoms with Gasteiger partial charge in [0.05, 0.1) is 19.3 Å². The van der Waals surface area contributed by atoms with Crippen molar-refractivity contribution in [3.05, 3.63) is 0 Å². The summed E-state index contributed by atoms with van der Waals surface area (Å²) in [5.74, 6) is 0.485. The van der Waals surface area contributed by atoms with Gasteiger partial charge < -0.3 is 19.7 Å². The van der Waals surface area contributed by atoms with Crippen molar-refractivity contribution in [2.24, 2.45) is 5.92 Å². The lowest BCUT2D eigenvalue weighted by Crippen LogP contribution is -2.45. The Bertz CT molecular complexity index is 248. The van der Waals surface area contributed by atoms with Crippen molar-refractivity contribution in [3.8, 4) is 0 Å². The molecule has 98 valence electrons. The van der Waals surface area contributed by atoms with E-state index in [1.165, 1.54) is 0 Å². The molecule has 1 N–H and O–H groups in total. The summed E-state index contributed by atoms with van der Waals surface area (Å²) in [5.41, 5.74) is 0. The first kappa shape index (κ1) is 12.6. The number of nitrogens with one attached hydrogen (secondary N) is 1. The number of hydrogen-bond donors (Lipinski definition) is 1. The summed E-state index contributed by atoms with van der Waals surface area (Å²) in [6.45, 7) is 3.83. The van der Waals surface area contributed by atoms with Crippen LogP contribution in [0, 0.1) is 5.92 Å². The number of ether oxygens (including phenoxy) is 2. The van der Waals surface area contributed by atoms with Gasteiger partial charge >= 0.3 is 6.03 Å². The maximum absolute atomic E-state index is 11.9. The molecule has 2 atom stereocenters. The molecule has 2 fully saturated rings. The largest absolute Gasteiger partial charge is 0.381 e. The van der Waals surface area contributed by atoms with Crippen LogP contribution in [-0.4, -0.2) is 57.0 Å². The molecule has 0 spiro atoms. The normalized spacial score (nSPS) is 29.0. The number of rotatable bonds is 3. The van der Waals surface area contributed by atoms with Gasteiger partial charge in [-0.1, -0.05) is 0 Å². The molecule has 2 aliphatic heterocycles. The molecule has 0 aromatic carbocycles. The van der Waals surface area contributed by atoms with Crippen molar-refractivity contribution in [2.45, 2.75) is 25.3 Å². The summed E-state index contributed by atoms with van der Waals surface area (Å²) in [5, 5.41) is 2.99. The molecular formula is C12H22N2O3. The smallest absolute Gasteiger partial charge is 0.317 e.